The number of rotatable bonds is 14. The number of benzene rings is 3. The second-order valence-corrected chi connectivity index (χ2v) is 24.4. The lowest BCUT2D eigenvalue weighted by atomic mass is 9.90. The van der Waals surface area contributed by atoms with E-state index in [1.54, 1.807) is 47.0 Å². The maximum absolute atomic E-state index is 13.6. The van der Waals surface area contributed by atoms with Gasteiger partial charge in [-0.1, -0.05) is 36.4 Å². The first-order valence-electron chi connectivity index (χ1n) is 31.6. The van der Waals surface area contributed by atoms with E-state index in [0.717, 1.165) is 104 Å². The standard InChI is InChI=1S/C28H31FN4O4.C22H24FN3O2.C21H22FN3O2/c1-31-17-23(24(34)28(36)32-11-3-4-12-32)21-16-22(26(37-2)30-25(21)31)27(35)33-13-9-19(10-14-33)15-18-5-7-20(29)8-6-18;1-25-10-9-17-14-19(21(28-2)24-20(17)25)22(27)26-11-7-16(8-12-26)13-15-3-5-18(23)6-4-15;1-27-20-18(13-16-6-9-23-19(16)24-20)21(26)25-10-7-15(8-11-25)12-14-2-4-17(22)5-3-14/h5-8,16-17,19H,3-4,9-15H2,1-2H3;3-6,9-10,14,16H,7-8,11-13H2,1-2H3;2-6,9,13,15H,7-8,10-12H2,1H3,(H,23,24). The summed E-state index contributed by atoms with van der Waals surface area (Å²) in [6.07, 6.45) is 15.2. The number of likely N-dealkylation sites (tertiary alicyclic amines) is 4. The Bertz CT molecular complexity index is 4100. The van der Waals surface area contributed by atoms with E-state index in [4.69, 9.17) is 14.2 Å². The van der Waals surface area contributed by atoms with E-state index >= 15 is 0 Å². The number of aromatic nitrogens is 6. The normalized spacial score (nSPS) is 15.7. The minimum Gasteiger partial charge on any atom is -0.480 e. The van der Waals surface area contributed by atoms with Crippen molar-refractivity contribution < 1.29 is 51.4 Å². The maximum Gasteiger partial charge on any atom is 0.295 e. The zero-order valence-corrected chi connectivity index (χ0v) is 52.6. The molecule has 1 N–H and O–H groups in total. The maximum atomic E-state index is 13.6. The summed E-state index contributed by atoms with van der Waals surface area (Å²) in [7, 11) is 8.21. The van der Waals surface area contributed by atoms with Crippen molar-refractivity contribution in [1.29, 1.82) is 0 Å². The summed E-state index contributed by atoms with van der Waals surface area (Å²) in [6.45, 7) is 5.17. The molecule has 10 heterocycles. The van der Waals surface area contributed by atoms with E-state index in [0.29, 0.717) is 110 Å². The molecule has 0 unspecified atom stereocenters. The fourth-order valence-corrected chi connectivity index (χ4v) is 13.1. The van der Waals surface area contributed by atoms with Gasteiger partial charge in [0.05, 0.1) is 26.9 Å². The van der Waals surface area contributed by atoms with E-state index in [2.05, 4.69) is 19.9 Å². The molecule has 4 amide bonds. The third-order valence-corrected chi connectivity index (χ3v) is 18.3. The van der Waals surface area contributed by atoms with E-state index < -0.39 is 11.7 Å². The quantitative estimate of drug-likeness (QED) is 0.0805. The number of carbonyl (C=O) groups is 5. The van der Waals surface area contributed by atoms with E-state index in [1.807, 2.05) is 88.3 Å². The van der Waals surface area contributed by atoms with Crippen molar-refractivity contribution in [3.05, 3.63) is 178 Å². The van der Waals surface area contributed by atoms with Gasteiger partial charge in [-0.2, -0.15) is 15.0 Å². The molecule has 21 heteroatoms. The van der Waals surface area contributed by atoms with Crippen LogP contribution in [0.15, 0.2) is 122 Å². The summed E-state index contributed by atoms with van der Waals surface area (Å²) in [5.41, 5.74) is 6.90. The van der Waals surface area contributed by atoms with Gasteiger partial charge in [0.25, 0.3) is 29.4 Å². The van der Waals surface area contributed by atoms with Crippen LogP contribution in [0.5, 0.6) is 17.6 Å². The van der Waals surface area contributed by atoms with Crippen molar-refractivity contribution in [2.45, 2.75) is 70.6 Å². The third kappa shape index (κ3) is 14.6. The summed E-state index contributed by atoms with van der Waals surface area (Å²) < 4.78 is 59.1. The Hall–Kier alpha value is -9.53. The number of aromatic amines is 1. The van der Waals surface area contributed by atoms with Crippen LogP contribution in [0.2, 0.25) is 0 Å². The highest BCUT2D eigenvalue weighted by Crippen LogP contribution is 2.33. The van der Waals surface area contributed by atoms with Crippen molar-refractivity contribution in [2.75, 3.05) is 73.7 Å². The Kier molecular flexibility index (Phi) is 20.0. The van der Waals surface area contributed by atoms with Crippen LogP contribution in [-0.2, 0) is 38.2 Å². The van der Waals surface area contributed by atoms with Crippen molar-refractivity contribution in [2.24, 2.45) is 31.8 Å². The van der Waals surface area contributed by atoms with Crippen LogP contribution < -0.4 is 14.2 Å². The number of ether oxygens (including phenoxy) is 3. The average molecular weight is 1260 g/mol. The van der Waals surface area contributed by atoms with E-state index in [9.17, 15) is 37.1 Å². The van der Waals surface area contributed by atoms with Crippen LogP contribution in [0.25, 0.3) is 33.1 Å². The molecule has 0 spiro atoms. The Morgan fingerprint density at radius 2 is 0.870 bits per heavy atom. The minimum atomic E-state index is -0.584. The number of pyridine rings is 3. The van der Waals surface area contributed by atoms with Gasteiger partial charge in [-0.05, 0) is 172 Å². The monoisotopic (exact) mass is 1250 g/mol. The molecule has 480 valence electrons. The molecule has 4 aliphatic heterocycles. The van der Waals surface area contributed by atoms with Gasteiger partial charge in [0.1, 0.15) is 51.1 Å². The number of nitrogens with zero attached hydrogens (tertiary/aromatic N) is 9. The lowest BCUT2D eigenvalue weighted by Crippen LogP contribution is -2.39. The molecule has 3 aromatic carbocycles. The number of hydrogen-bond acceptors (Lipinski definition) is 11. The number of ketones is 1. The third-order valence-electron chi connectivity index (χ3n) is 18.3. The van der Waals surface area contributed by atoms with E-state index in [-0.39, 0.29) is 52.2 Å². The first-order valence-corrected chi connectivity index (χ1v) is 31.6. The topological polar surface area (TPSA) is 190 Å². The van der Waals surface area contributed by atoms with Crippen molar-refractivity contribution >= 4 is 62.5 Å². The summed E-state index contributed by atoms with van der Waals surface area (Å²) in [5.74, 6) is 0.294. The van der Waals surface area contributed by atoms with Crippen LogP contribution in [0.3, 0.4) is 0 Å². The number of amides is 4. The SMILES string of the molecule is COc1nc2[nH]ccc2cc1C(=O)N1CCC(Cc2ccc(F)cc2)CC1.COc1nc2c(cc1C(=O)N1CCC(Cc3ccc(F)cc3)CC1)c(C(=O)C(=O)N1CCCC1)cn2C.COc1nc2c(ccn2C)cc1C(=O)N1CCC(Cc2ccc(F)cc2)CC1. The highest BCUT2D eigenvalue weighted by atomic mass is 19.1. The molecule has 0 radical (unpaired) electrons. The lowest BCUT2D eigenvalue weighted by Gasteiger charge is -2.32. The molecule has 0 bridgehead atoms. The highest BCUT2D eigenvalue weighted by Gasteiger charge is 2.33. The number of hydrogen-bond donors (Lipinski definition) is 1. The zero-order valence-electron chi connectivity index (χ0n) is 52.6. The molecule has 4 aliphatic rings. The fourth-order valence-electron chi connectivity index (χ4n) is 13.1. The number of halogens is 3. The van der Waals surface area contributed by atoms with Gasteiger partial charge in [-0.3, -0.25) is 24.0 Å². The van der Waals surface area contributed by atoms with Gasteiger partial charge in [0, 0.05) is 101 Å². The number of H-pyrrole nitrogens is 1. The number of methoxy groups -OCH3 is 3. The molecule has 0 aliphatic carbocycles. The van der Waals surface area contributed by atoms with Crippen LogP contribution in [0.1, 0.15) is 109 Å². The molecule has 0 atom stereocenters. The number of carbonyl (C=O) groups excluding carboxylic acids is 5. The predicted molar refractivity (Wildman–Crippen MR) is 344 cm³/mol. The molecule has 13 rings (SSSR count). The zero-order chi connectivity index (χ0) is 64.6. The number of piperidine rings is 3. The number of fused-ring (bicyclic) bond motifs is 3. The largest absolute Gasteiger partial charge is 0.480 e. The fraction of sp³-hybridized carbons (Fsp3) is 0.380. The Morgan fingerprint density at radius 1 is 0.467 bits per heavy atom. The van der Waals surface area contributed by atoms with Gasteiger partial charge in [-0.15, -0.1) is 0 Å². The molecular formula is C71H77F3N10O8. The molecule has 6 aromatic heterocycles. The molecule has 4 saturated heterocycles. The Morgan fingerprint density at radius 3 is 1.30 bits per heavy atom. The van der Waals surface area contributed by atoms with Gasteiger partial charge in [-0.25, -0.2) is 13.2 Å². The first kappa shape index (κ1) is 64.0. The lowest BCUT2D eigenvalue weighted by molar-refractivity contribution is -0.125. The van der Waals surface area contributed by atoms with Crippen LogP contribution in [0.4, 0.5) is 13.2 Å². The number of aryl methyl sites for hydroxylation is 2. The molecular weight excluding hydrogens is 1180 g/mol. The summed E-state index contributed by atoms with van der Waals surface area (Å²) in [5, 5.41) is 2.29. The smallest absolute Gasteiger partial charge is 0.295 e. The van der Waals surface area contributed by atoms with Gasteiger partial charge < -0.3 is 47.9 Å². The van der Waals surface area contributed by atoms with Gasteiger partial charge >= 0.3 is 0 Å². The van der Waals surface area contributed by atoms with Gasteiger partial charge in [0.15, 0.2) is 0 Å². The van der Waals surface area contributed by atoms with Crippen LogP contribution in [-0.4, -0.2) is 152 Å². The van der Waals surface area contributed by atoms with E-state index in [1.165, 1.54) is 50.6 Å². The average Bonchev–Trinajstić information content (AvgIpc) is 1.60. The molecule has 92 heavy (non-hydrogen) atoms. The Balaban J connectivity index is 0.000000144. The number of nitrogens with one attached hydrogen (secondary N) is 1. The Labute approximate surface area is 532 Å². The molecule has 18 nitrogen and oxygen atoms in total. The second kappa shape index (κ2) is 28.7. The van der Waals surface area contributed by atoms with Crippen molar-refractivity contribution in [1.82, 2.24) is 48.7 Å². The van der Waals surface area contributed by atoms with Crippen LogP contribution >= 0.6 is 0 Å². The van der Waals surface area contributed by atoms with Gasteiger partial charge in [0.2, 0.25) is 17.6 Å². The second-order valence-electron chi connectivity index (χ2n) is 24.4. The molecule has 4 fully saturated rings. The minimum absolute atomic E-state index is 0.0321. The highest BCUT2D eigenvalue weighted by molar-refractivity contribution is 6.45. The summed E-state index contributed by atoms with van der Waals surface area (Å²) in [6, 6.07) is 29.2. The number of Topliss-reactive ketones (excluding diaryl/α,β-unsaturated/α-hetero) is 1. The van der Waals surface area contributed by atoms with Crippen molar-refractivity contribution in [3.63, 3.8) is 0 Å². The van der Waals surface area contributed by atoms with Crippen molar-refractivity contribution in [3.8, 4) is 17.6 Å². The summed E-state index contributed by atoms with van der Waals surface area (Å²) in [4.78, 5) is 89.2. The molecule has 0 saturated carbocycles. The molecule has 9 aromatic rings. The predicted octanol–water partition coefficient (Wildman–Crippen LogP) is 11.2. The first-order chi connectivity index (χ1) is 44.5. The summed E-state index contributed by atoms with van der Waals surface area (Å²) >= 11 is 0. The van der Waals surface area contributed by atoms with Crippen LogP contribution in [0, 0.1) is 35.2 Å².